The third-order valence-electron chi connectivity index (χ3n) is 6.35. The van der Waals surface area contributed by atoms with Crippen molar-refractivity contribution >= 4 is 22.3 Å². The fourth-order valence-corrected chi connectivity index (χ4v) is 4.16. The first-order chi connectivity index (χ1) is 17.2. The fraction of sp³-hybridized carbons (Fsp3) is 0.222. The molecule has 0 radical (unpaired) electrons. The molecule has 36 heavy (non-hydrogen) atoms. The molecule has 5 rings (SSSR count). The maximum Gasteiger partial charge on any atom is 0.433 e. The molecule has 0 aliphatic heterocycles. The Labute approximate surface area is 205 Å². The molecular formula is C27H23F3N4O2. The second kappa shape index (κ2) is 9.14. The normalized spacial score (nSPS) is 12.8. The van der Waals surface area contributed by atoms with E-state index >= 15 is 0 Å². The second-order valence-corrected chi connectivity index (χ2v) is 8.77. The van der Waals surface area contributed by atoms with Gasteiger partial charge >= 0.3 is 6.18 Å². The van der Waals surface area contributed by atoms with Crippen molar-refractivity contribution in [2.45, 2.75) is 32.0 Å². The highest BCUT2D eigenvalue weighted by Crippen LogP contribution is 2.33. The number of aryl methyl sites for hydroxylation is 1. The standard InChI is InChI=1S/C27H23F3N4O2/c1-17(9-12-21-8-5-13-36-21)33(2)26(35)23-16-25-31-22(15-24(27(28,29)30)34(25)32-23)20-11-10-18-6-3-4-7-19(18)14-20/h3-8,10-11,13-17H,9,12H2,1-2H3/t17-/m0/s1. The van der Waals surface area contributed by atoms with Crippen LogP contribution in [-0.4, -0.2) is 38.5 Å². The van der Waals surface area contributed by atoms with Crippen molar-refractivity contribution in [2.24, 2.45) is 0 Å². The summed E-state index contributed by atoms with van der Waals surface area (Å²) >= 11 is 0. The highest BCUT2D eigenvalue weighted by Gasteiger charge is 2.36. The number of carbonyl (C=O) groups is 1. The van der Waals surface area contributed by atoms with Gasteiger partial charge in [0.05, 0.1) is 12.0 Å². The summed E-state index contributed by atoms with van der Waals surface area (Å²) in [7, 11) is 1.61. The molecule has 0 N–H and O–H groups in total. The van der Waals surface area contributed by atoms with E-state index in [1.165, 1.54) is 11.0 Å². The molecular weight excluding hydrogens is 469 g/mol. The molecule has 5 aromatic rings. The lowest BCUT2D eigenvalue weighted by Crippen LogP contribution is -2.35. The number of furan rings is 1. The van der Waals surface area contributed by atoms with Crippen LogP contribution in [-0.2, 0) is 12.6 Å². The smallest absolute Gasteiger partial charge is 0.433 e. The minimum absolute atomic E-state index is 0.0482. The number of carbonyl (C=O) groups excluding carboxylic acids is 1. The van der Waals surface area contributed by atoms with E-state index in [4.69, 9.17) is 4.42 Å². The maximum atomic E-state index is 14.0. The summed E-state index contributed by atoms with van der Waals surface area (Å²) in [5, 5.41) is 5.86. The van der Waals surface area contributed by atoms with Crippen molar-refractivity contribution in [3.63, 3.8) is 0 Å². The molecule has 6 nitrogen and oxygen atoms in total. The van der Waals surface area contributed by atoms with Gasteiger partial charge in [0.25, 0.3) is 5.91 Å². The van der Waals surface area contributed by atoms with Gasteiger partial charge in [-0.05, 0) is 48.4 Å². The number of nitrogens with zero attached hydrogens (tertiary/aromatic N) is 4. The lowest BCUT2D eigenvalue weighted by atomic mass is 10.0. The molecule has 184 valence electrons. The van der Waals surface area contributed by atoms with Crippen LogP contribution >= 0.6 is 0 Å². The number of benzene rings is 2. The van der Waals surface area contributed by atoms with E-state index in [1.54, 1.807) is 31.5 Å². The maximum absolute atomic E-state index is 14.0. The molecule has 0 unspecified atom stereocenters. The van der Waals surface area contributed by atoms with E-state index in [9.17, 15) is 18.0 Å². The third kappa shape index (κ3) is 4.56. The van der Waals surface area contributed by atoms with Gasteiger partial charge in [-0.1, -0.05) is 36.4 Å². The SMILES string of the molecule is C[C@@H](CCc1ccco1)N(C)C(=O)c1cc2nc(-c3ccc4ccccc4c3)cc(C(F)(F)F)n2n1. The van der Waals surface area contributed by atoms with Gasteiger partial charge in [-0.3, -0.25) is 4.79 Å². The van der Waals surface area contributed by atoms with Gasteiger partial charge in [0.15, 0.2) is 17.0 Å². The number of hydrogen-bond donors (Lipinski definition) is 0. The summed E-state index contributed by atoms with van der Waals surface area (Å²) < 4.78 is 48.0. The average Bonchev–Trinajstić information content (AvgIpc) is 3.54. The van der Waals surface area contributed by atoms with Crippen molar-refractivity contribution in [1.82, 2.24) is 19.5 Å². The average molecular weight is 493 g/mol. The Balaban J connectivity index is 1.49. The number of fused-ring (bicyclic) bond motifs is 2. The molecule has 0 aliphatic carbocycles. The Hall–Kier alpha value is -4.14. The number of halogens is 3. The first-order valence-electron chi connectivity index (χ1n) is 11.5. The minimum atomic E-state index is -4.69. The Morgan fingerprint density at radius 2 is 1.83 bits per heavy atom. The number of alkyl halides is 3. The van der Waals surface area contributed by atoms with E-state index in [-0.39, 0.29) is 23.1 Å². The molecule has 3 aromatic heterocycles. The number of rotatable bonds is 6. The second-order valence-electron chi connectivity index (χ2n) is 8.77. The topological polar surface area (TPSA) is 63.6 Å². The molecule has 1 atom stereocenters. The van der Waals surface area contributed by atoms with Crippen LogP contribution in [0.15, 0.2) is 77.4 Å². The molecule has 0 aliphatic rings. The molecule has 1 amide bonds. The van der Waals surface area contributed by atoms with Crippen molar-refractivity contribution in [3.05, 3.63) is 90.1 Å². The van der Waals surface area contributed by atoms with Crippen LogP contribution in [0.4, 0.5) is 13.2 Å². The zero-order chi connectivity index (χ0) is 25.4. The van der Waals surface area contributed by atoms with Crippen LogP contribution in [0, 0.1) is 0 Å². The van der Waals surface area contributed by atoms with Crippen LogP contribution in [0.5, 0.6) is 0 Å². The number of amides is 1. The summed E-state index contributed by atoms with van der Waals surface area (Å²) in [5.41, 5.74) is -0.452. The van der Waals surface area contributed by atoms with Gasteiger partial charge in [-0.15, -0.1) is 0 Å². The Kier molecular flexibility index (Phi) is 5.99. The zero-order valence-electron chi connectivity index (χ0n) is 19.7. The minimum Gasteiger partial charge on any atom is -0.469 e. The molecule has 9 heteroatoms. The van der Waals surface area contributed by atoms with Crippen molar-refractivity contribution < 1.29 is 22.4 Å². The molecule has 0 spiro atoms. The van der Waals surface area contributed by atoms with E-state index in [2.05, 4.69) is 10.1 Å². The molecule has 3 heterocycles. The summed E-state index contributed by atoms with van der Waals surface area (Å²) in [6.07, 6.45) is -1.85. The van der Waals surface area contributed by atoms with Crippen LogP contribution < -0.4 is 0 Å². The Morgan fingerprint density at radius 3 is 2.56 bits per heavy atom. The number of aromatic nitrogens is 3. The Morgan fingerprint density at radius 1 is 1.06 bits per heavy atom. The number of hydrogen-bond acceptors (Lipinski definition) is 4. The Bertz CT molecular complexity index is 1540. The van der Waals surface area contributed by atoms with Gasteiger partial charge in [0, 0.05) is 31.1 Å². The molecule has 0 saturated carbocycles. The first kappa shape index (κ1) is 23.6. The van der Waals surface area contributed by atoms with Crippen LogP contribution in [0.3, 0.4) is 0 Å². The summed E-state index contributed by atoms with van der Waals surface area (Å²) in [5.74, 6) is 0.323. The highest BCUT2D eigenvalue weighted by atomic mass is 19.4. The van der Waals surface area contributed by atoms with Gasteiger partial charge in [-0.25, -0.2) is 9.50 Å². The fourth-order valence-electron chi connectivity index (χ4n) is 4.16. The molecule has 0 saturated heterocycles. The van der Waals surface area contributed by atoms with Crippen molar-refractivity contribution in [1.29, 1.82) is 0 Å². The predicted molar refractivity (Wildman–Crippen MR) is 130 cm³/mol. The lowest BCUT2D eigenvalue weighted by Gasteiger charge is -2.23. The van der Waals surface area contributed by atoms with Crippen LogP contribution in [0.2, 0.25) is 0 Å². The van der Waals surface area contributed by atoms with Gasteiger partial charge < -0.3 is 9.32 Å². The van der Waals surface area contributed by atoms with Crippen molar-refractivity contribution in [3.8, 4) is 11.3 Å². The molecule has 0 bridgehead atoms. The van der Waals surface area contributed by atoms with Crippen LogP contribution in [0.1, 0.15) is 35.3 Å². The van der Waals surface area contributed by atoms with E-state index in [0.29, 0.717) is 22.9 Å². The lowest BCUT2D eigenvalue weighted by molar-refractivity contribution is -0.142. The van der Waals surface area contributed by atoms with E-state index < -0.39 is 17.8 Å². The summed E-state index contributed by atoms with van der Waals surface area (Å²) in [6, 6.07) is 18.7. The van der Waals surface area contributed by atoms with Crippen LogP contribution in [0.25, 0.3) is 27.7 Å². The largest absolute Gasteiger partial charge is 0.469 e. The quantitative estimate of drug-likeness (QED) is 0.281. The van der Waals surface area contributed by atoms with Gasteiger partial charge in [0.1, 0.15) is 5.76 Å². The van der Waals surface area contributed by atoms with E-state index in [0.717, 1.165) is 22.6 Å². The van der Waals surface area contributed by atoms with Gasteiger partial charge in [0.2, 0.25) is 0 Å². The predicted octanol–water partition coefficient (Wildman–Crippen LogP) is 6.25. The highest BCUT2D eigenvalue weighted by molar-refractivity contribution is 5.93. The first-order valence-corrected chi connectivity index (χ1v) is 11.5. The summed E-state index contributed by atoms with van der Waals surface area (Å²) in [6.45, 7) is 1.87. The monoisotopic (exact) mass is 492 g/mol. The molecule has 0 fully saturated rings. The van der Waals surface area contributed by atoms with Gasteiger partial charge in [-0.2, -0.15) is 18.3 Å². The van der Waals surface area contributed by atoms with Crippen molar-refractivity contribution in [2.75, 3.05) is 7.05 Å². The van der Waals surface area contributed by atoms with E-state index in [1.807, 2.05) is 43.3 Å². The summed E-state index contributed by atoms with van der Waals surface area (Å²) in [4.78, 5) is 19.0. The zero-order valence-corrected chi connectivity index (χ0v) is 19.7. The molecule has 2 aromatic carbocycles. The third-order valence-corrected chi connectivity index (χ3v) is 6.35.